The third-order valence-corrected chi connectivity index (χ3v) is 4.19. The maximum atomic E-state index is 11.9. The second kappa shape index (κ2) is 7.81. The smallest absolute Gasteiger partial charge is 0.339 e. The zero-order chi connectivity index (χ0) is 17.6. The molecule has 128 valence electrons. The van der Waals surface area contributed by atoms with Gasteiger partial charge in [0.1, 0.15) is 0 Å². The molecule has 4 nitrogen and oxygen atoms in total. The van der Waals surface area contributed by atoms with Crippen molar-refractivity contribution in [2.45, 2.75) is 19.1 Å². The molecule has 0 aliphatic rings. The van der Waals surface area contributed by atoms with Crippen LogP contribution in [0.25, 0.3) is 0 Å². The normalized spacial score (nSPS) is 11.9. The summed E-state index contributed by atoms with van der Waals surface area (Å²) in [5.41, 5.74) is 3.45. The number of aliphatic hydroxyl groups excluding tert-OH is 1. The van der Waals surface area contributed by atoms with Crippen molar-refractivity contribution in [2.75, 3.05) is 7.11 Å². The number of carbonyl (C=O) groups is 1. The first-order valence-corrected chi connectivity index (χ1v) is 8.21. The number of ether oxygens (including phenoxy) is 1. The molecule has 0 saturated heterocycles. The van der Waals surface area contributed by atoms with E-state index >= 15 is 0 Å². The molecular formula is C21H21NO3. The van der Waals surface area contributed by atoms with E-state index in [1.165, 1.54) is 7.11 Å². The number of aliphatic hydroxyl groups is 1. The van der Waals surface area contributed by atoms with Gasteiger partial charge in [-0.15, -0.1) is 0 Å². The summed E-state index contributed by atoms with van der Waals surface area (Å²) in [7, 11) is 1.37. The van der Waals surface area contributed by atoms with E-state index in [0.29, 0.717) is 18.5 Å². The minimum absolute atomic E-state index is 0.373. The van der Waals surface area contributed by atoms with Crippen molar-refractivity contribution in [3.05, 3.63) is 95.3 Å². The van der Waals surface area contributed by atoms with Crippen molar-refractivity contribution in [3.63, 3.8) is 0 Å². The average molecular weight is 335 g/mol. The summed E-state index contributed by atoms with van der Waals surface area (Å²) >= 11 is 0. The summed E-state index contributed by atoms with van der Waals surface area (Å²) in [6.45, 7) is 0.378. The van der Waals surface area contributed by atoms with Crippen LogP contribution < -0.4 is 0 Å². The van der Waals surface area contributed by atoms with E-state index in [9.17, 15) is 9.90 Å². The summed E-state index contributed by atoms with van der Waals surface area (Å²) < 4.78 is 6.76. The first kappa shape index (κ1) is 17.0. The predicted octanol–water partition coefficient (Wildman–Crippen LogP) is 3.60. The molecule has 0 spiro atoms. The van der Waals surface area contributed by atoms with Crippen LogP contribution in [0.2, 0.25) is 0 Å². The summed E-state index contributed by atoms with van der Waals surface area (Å²) in [5, 5.41) is 10.5. The van der Waals surface area contributed by atoms with Gasteiger partial charge in [0.05, 0.1) is 25.3 Å². The van der Waals surface area contributed by atoms with E-state index in [-0.39, 0.29) is 5.97 Å². The Hall–Kier alpha value is -2.85. The van der Waals surface area contributed by atoms with E-state index in [4.69, 9.17) is 4.74 Å². The molecule has 4 heteroatoms. The molecule has 0 amide bonds. The number of aromatic nitrogens is 1. The van der Waals surface area contributed by atoms with E-state index in [1.54, 1.807) is 6.20 Å². The quantitative estimate of drug-likeness (QED) is 0.700. The zero-order valence-corrected chi connectivity index (χ0v) is 14.1. The average Bonchev–Trinajstić information content (AvgIpc) is 3.05. The van der Waals surface area contributed by atoms with Crippen molar-refractivity contribution in [2.24, 2.45) is 0 Å². The highest BCUT2D eigenvalue weighted by Crippen LogP contribution is 2.20. The fourth-order valence-corrected chi connectivity index (χ4v) is 2.87. The van der Waals surface area contributed by atoms with Gasteiger partial charge in [0, 0.05) is 18.3 Å². The van der Waals surface area contributed by atoms with Gasteiger partial charge in [-0.2, -0.15) is 0 Å². The van der Waals surface area contributed by atoms with Crippen LogP contribution in [-0.2, 0) is 17.7 Å². The first-order chi connectivity index (χ1) is 12.2. The molecule has 0 radical (unpaired) electrons. The van der Waals surface area contributed by atoms with Gasteiger partial charge in [0.2, 0.25) is 0 Å². The molecule has 0 saturated carbocycles. The van der Waals surface area contributed by atoms with Crippen LogP contribution in [0.3, 0.4) is 0 Å². The SMILES string of the molecule is COC(=O)c1cc(Cc2ccccc2)n(C[C@H](O)c2ccccc2)c1. The van der Waals surface area contributed by atoms with E-state index < -0.39 is 6.10 Å². The van der Waals surface area contributed by atoms with Gasteiger partial charge in [-0.05, 0) is 17.2 Å². The number of carbonyl (C=O) groups excluding carboxylic acids is 1. The Kier molecular flexibility index (Phi) is 5.31. The van der Waals surface area contributed by atoms with Gasteiger partial charge >= 0.3 is 5.97 Å². The summed E-state index contributed by atoms with van der Waals surface area (Å²) in [5.74, 6) is -0.373. The second-order valence-corrected chi connectivity index (χ2v) is 5.95. The summed E-state index contributed by atoms with van der Waals surface area (Å²) in [6, 6.07) is 21.4. The molecule has 3 aromatic rings. The van der Waals surface area contributed by atoms with Crippen LogP contribution >= 0.6 is 0 Å². The third kappa shape index (κ3) is 4.17. The molecule has 2 aromatic carbocycles. The predicted molar refractivity (Wildman–Crippen MR) is 96.4 cm³/mol. The van der Waals surface area contributed by atoms with Crippen LogP contribution in [0.5, 0.6) is 0 Å². The number of hydrogen-bond acceptors (Lipinski definition) is 3. The standard InChI is InChI=1S/C21H21NO3/c1-25-21(24)18-13-19(12-16-8-4-2-5-9-16)22(14-18)15-20(23)17-10-6-3-7-11-17/h2-11,13-14,20,23H,12,15H2,1H3/t20-/m0/s1. The monoisotopic (exact) mass is 335 g/mol. The lowest BCUT2D eigenvalue weighted by molar-refractivity contribution is 0.0600. The number of nitrogens with zero attached hydrogens (tertiary/aromatic N) is 1. The molecule has 0 bridgehead atoms. The summed E-state index contributed by atoms with van der Waals surface area (Å²) in [6.07, 6.45) is 1.78. The number of benzene rings is 2. The lowest BCUT2D eigenvalue weighted by Crippen LogP contribution is -2.11. The van der Waals surface area contributed by atoms with Crippen LogP contribution in [0.15, 0.2) is 72.9 Å². The molecule has 25 heavy (non-hydrogen) atoms. The molecule has 0 unspecified atom stereocenters. The highest BCUT2D eigenvalue weighted by molar-refractivity contribution is 5.89. The first-order valence-electron chi connectivity index (χ1n) is 8.21. The number of methoxy groups -OCH3 is 1. The fraction of sp³-hybridized carbons (Fsp3) is 0.190. The van der Waals surface area contributed by atoms with Crippen molar-refractivity contribution in [3.8, 4) is 0 Å². The van der Waals surface area contributed by atoms with Crippen molar-refractivity contribution >= 4 is 5.97 Å². The van der Waals surface area contributed by atoms with Crippen molar-refractivity contribution in [1.82, 2.24) is 4.57 Å². The van der Waals surface area contributed by atoms with Crippen LogP contribution in [0, 0.1) is 0 Å². The van der Waals surface area contributed by atoms with Gasteiger partial charge in [-0.3, -0.25) is 0 Å². The van der Waals surface area contributed by atoms with Crippen LogP contribution in [0.1, 0.15) is 33.3 Å². The Morgan fingerprint density at radius 2 is 1.72 bits per heavy atom. The van der Waals surface area contributed by atoms with Gasteiger partial charge in [0.25, 0.3) is 0 Å². The number of hydrogen-bond donors (Lipinski definition) is 1. The maximum Gasteiger partial charge on any atom is 0.339 e. The van der Waals surface area contributed by atoms with Crippen molar-refractivity contribution < 1.29 is 14.6 Å². The molecule has 1 aromatic heterocycles. The molecule has 3 rings (SSSR count). The molecule has 0 fully saturated rings. The lowest BCUT2D eigenvalue weighted by atomic mass is 10.1. The minimum Gasteiger partial charge on any atom is -0.465 e. The Morgan fingerprint density at radius 3 is 2.36 bits per heavy atom. The third-order valence-electron chi connectivity index (χ3n) is 4.19. The van der Waals surface area contributed by atoms with E-state index in [2.05, 4.69) is 0 Å². The second-order valence-electron chi connectivity index (χ2n) is 5.95. The van der Waals surface area contributed by atoms with Gasteiger partial charge < -0.3 is 14.4 Å². The fourth-order valence-electron chi connectivity index (χ4n) is 2.87. The van der Waals surface area contributed by atoms with Gasteiger partial charge in [-0.1, -0.05) is 60.7 Å². The largest absolute Gasteiger partial charge is 0.465 e. The Balaban J connectivity index is 1.88. The van der Waals surface area contributed by atoms with Crippen molar-refractivity contribution in [1.29, 1.82) is 0 Å². The molecular weight excluding hydrogens is 314 g/mol. The molecule has 1 N–H and O–H groups in total. The van der Waals surface area contributed by atoms with Gasteiger partial charge in [-0.25, -0.2) is 4.79 Å². The van der Waals surface area contributed by atoms with Crippen LogP contribution in [-0.4, -0.2) is 22.8 Å². The molecule has 1 atom stereocenters. The Labute approximate surface area is 147 Å². The minimum atomic E-state index is -0.645. The maximum absolute atomic E-state index is 11.9. The molecule has 0 aliphatic carbocycles. The highest BCUT2D eigenvalue weighted by Gasteiger charge is 2.16. The van der Waals surface area contributed by atoms with Crippen LogP contribution in [0.4, 0.5) is 0 Å². The summed E-state index contributed by atoms with van der Waals surface area (Å²) in [4.78, 5) is 11.9. The topological polar surface area (TPSA) is 51.5 Å². The Bertz CT molecular complexity index is 825. The Morgan fingerprint density at radius 1 is 1.08 bits per heavy atom. The number of esters is 1. The zero-order valence-electron chi connectivity index (χ0n) is 14.1. The van der Waals surface area contributed by atoms with E-state index in [0.717, 1.165) is 16.8 Å². The number of rotatable bonds is 6. The lowest BCUT2D eigenvalue weighted by Gasteiger charge is -2.15. The van der Waals surface area contributed by atoms with Gasteiger partial charge in [0.15, 0.2) is 0 Å². The highest BCUT2D eigenvalue weighted by atomic mass is 16.5. The molecule has 1 heterocycles. The molecule has 0 aliphatic heterocycles. The van der Waals surface area contributed by atoms with E-state index in [1.807, 2.05) is 71.3 Å².